The van der Waals surface area contributed by atoms with Gasteiger partial charge in [-0.2, -0.15) is 13.2 Å². The Morgan fingerprint density at radius 3 is 2.41 bits per heavy atom. The van der Waals surface area contributed by atoms with Crippen LogP contribution in [-0.2, 0) is 12.6 Å². The van der Waals surface area contributed by atoms with Crippen LogP contribution in [0.15, 0.2) is 18.2 Å². The molecule has 17 heavy (non-hydrogen) atoms. The van der Waals surface area contributed by atoms with Crippen LogP contribution in [0.5, 0.6) is 0 Å². The van der Waals surface area contributed by atoms with Crippen molar-refractivity contribution in [2.24, 2.45) is 11.1 Å². The molecule has 94 valence electrons. The van der Waals surface area contributed by atoms with Crippen molar-refractivity contribution in [3.05, 3.63) is 34.3 Å². The fraction of sp³-hybridized carbons (Fsp3) is 0.500. The highest BCUT2D eigenvalue weighted by atomic mass is 35.5. The van der Waals surface area contributed by atoms with Gasteiger partial charge in [0.15, 0.2) is 0 Å². The van der Waals surface area contributed by atoms with Gasteiger partial charge in [-0.25, -0.2) is 0 Å². The van der Waals surface area contributed by atoms with Gasteiger partial charge >= 0.3 is 6.18 Å². The minimum absolute atomic E-state index is 0.110. The molecular weight excluding hydrogens is 251 g/mol. The van der Waals surface area contributed by atoms with Gasteiger partial charge < -0.3 is 5.73 Å². The summed E-state index contributed by atoms with van der Waals surface area (Å²) < 4.78 is 38.5. The molecule has 1 fully saturated rings. The van der Waals surface area contributed by atoms with E-state index in [1.807, 2.05) is 0 Å². The van der Waals surface area contributed by atoms with E-state index in [0.717, 1.165) is 18.9 Å². The zero-order chi connectivity index (χ0) is 12.7. The average Bonchev–Trinajstić information content (AvgIpc) is 3.00. The highest BCUT2D eigenvalue weighted by Crippen LogP contribution is 2.49. The summed E-state index contributed by atoms with van der Waals surface area (Å²) in [6.07, 6.45) is -2.16. The van der Waals surface area contributed by atoms with Crippen molar-refractivity contribution in [2.45, 2.75) is 25.4 Å². The molecule has 1 nitrogen and oxygen atoms in total. The largest absolute Gasteiger partial charge is 0.416 e. The minimum Gasteiger partial charge on any atom is -0.330 e. The van der Waals surface area contributed by atoms with Crippen LogP contribution in [0, 0.1) is 5.41 Å². The normalized spacial score (nSPS) is 18.2. The number of rotatable bonds is 3. The highest BCUT2D eigenvalue weighted by Gasteiger charge is 2.43. The predicted octanol–water partition coefficient (Wildman–Crippen LogP) is 3.64. The van der Waals surface area contributed by atoms with E-state index in [0.29, 0.717) is 18.5 Å². The summed E-state index contributed by atoms with van der Waals surface area (Å²) in [4.78, 5) is 0. The first-order chi connectivity index (χ1) is 7.86. The third-order valence-electron chi connectivity index (χ3n) is 3.33. The SMILES string of the molecule is NCC1(Cc2ccc(Cl)cc2C(F)(F)F)CC1. The fourth-order valence-corrected chi connectivity index (χ4v) is 2.17. The lowest BCUT2D eigenvalue weighted by Crippen LogP contribution is -2.20. The summed E-state index contributed by atoms with van der Waals surface area (Å²) in [5.41, 5.74) is 5.14. The van der Waals surface area contributed by atoms with Crippen LogP contribution in [0.2, 0.25) is 5.02 Å². The summed E-state index contributed by atoms with van der Waals surface area (Å²) in [7, 11) is 0. The van der Waals surface area contributed by atoms with Crippen molar-refractivity contribution in [3.63, 3.8) is 0 Å². The van der Waals surface area contributed by atoms with Crippen molar-refractivity contribution < 1.29 is 13.2 Å². The maximum Gasteiger partial charge on any atom is 0.416 e. The Morgan fingerprint density at radius 1 is 1.29 bits per heavy atom. The molecule has 1 aromatic carbocycles. The molecule has 2 N–H and O–H groups in total. The van der Waals surface area contributed by atoms with E-state index in [2.05, 4.69) is 0 Å². The van der Waals surface area contributed by atoms with Gasteiger partial charge in [0, 0.05) is 5.02 Å². The van der Waals surface area contributed by atoms with E-state index >= 15 is 0 Å². The first-order valence-electron chi connectivity index (χ1n) is 5.42. The van der Waals surface area contributed by atoms with Gasteiger partial charge in [-0.1, -0.05) is 17.7 Å². The molecule has 2 rings (SSSR count). The lowest BCUT2D eigenvalue weighted by atomic mass is 9.93. The lowest BCUT2D eigenvalue weighted by molar-refractivity contribution is -0.138. The van der Waals surface area contributed by atoms with Gasteiger partial charge in [-0.3, -0.25) is 0 Å². The van der Waals surface area contributed by atoms with E-state index < -0.39 is 11.7 Å². The summed E-state index contributed by atoms with van der Waals surface area (Å²) in [5, 5.41) is 0.110. The molecular formula is C12H13ClF3N. The number of hydrogen-bond acceptors (Lipinski definition) is 1. The number of alkyl halides is 3. The Balaban J connectivity index is 2.33. The first kappa shape index (κ1) is 12.7. The number of hydrogen-bond donors (Lipinski definition) is 1. The van der Waals surface area contributed by atoms with Crippen molar-refractivity contribution in [2.75, 3.05) is 6.54 Å². The van der Waals surface area contributed by atoms with Crippen molar-refractivity contribution >= 4 is 11.6 Å². The van der Waals surface area contributed by atoms with Crippen molar-refractivity contribution in [3.8, 4) is 0 Å². The van der Waals surface area contributed by atoms with E-state index in [1.165, 1.54) is 12.1 Å². The van der Waals surface area contributed by atoms with Gasteiger partial charge in [0.05, 0.1) is 5.56 Å². The molecule has 1 aliphatic rings. The Hall–Kier alpha value is -0.740. The van der Waals surface area contributed by atoms with Gasteiger partial charge in [-0.05, 0) is 48.9 Å². The molecule has 0 spiro atoms. The molecule has 0 aromatic heterocycles. The lowest BCUT2D eigenvalue weighted by Gasteiger charge is -2.17. The fourth-order valence-electron chi connectivity index (χ4n) is 2.00. The van der Waals surface area contributed by atoms with Crippen molar-refractivity contribution in [1.29, 1.82) is 0 Å². The minimum atomic E-state index is -4.36. The molecule has 0 amide bonds. The molecule has 0 aliphatic heterocycles. The molecule has 0 saturated heterocycles. The third-order valence-corrected chi connectivity index (χ3v) is 3.57. The van der Waals surface area contributed by atoms with Gasteiger partial charge in [0.2, 0.25) is 0 Å². The molecule has 5 heteroatoms. The standard InChI is InChI=1S/C12H13ClF3N/c13-9-2-1-8(6-11(7-17)3-4-11)10(5-9)12(14,15)16/h1-2,5H,3-4,6-7,17H2. The molecule has 0 atom stereocenters. The maximum absolute atomic E-state index is 12.8. The second kappa shape index (κ2) is 4.18. The Kier molecular flexibility index (Phi) is 3.12. The Morgan fingerprint density at radius 2 is 1.94 bits per heavy atom. The smallest absolute Gasteiger partial charge is 0.330 e. The van der Waals surface area contributed by atoms with E-state index in [1.54, 1.807) is 0 Å². The molecule has 1 aromatic rings. The second-order valence-electron chi connectivity index (χ2n) is 4.68. The molecule has 1 aliphatic carbocycles. The van der Waals surface area contributed by atoms with Crippen LogP contribution in [0.1, 0.15) is 24.0 Å². The second-order valence-corrected chi connectivity index (χ2v) is 5.12. The van der Waals surface area contributed by atoms with Crippen LogP contribution in [-0.4, -0.2) is 6.54 Å². The molecule has 1 saturated carbocycles. The first-order valence-corrected chi connectivity index (χ1v) is 5.80. The van der Waals surface area contributed by atoms with Crippen LogP contribution in [0.3, 0.4) is 0 Å². The van der Waals surface area contributed by atoms with E-state index in [4.69, 9.17) is 17.3 Å². The van der Waals surface area contributed by atoms with Gasteiger partial charge in [0.25, 0.3) is 0 Å². The Bertz CT molecular complexity index is 424. The predicted molar refractivity (Wildman–Crippen MR) is 60.9 cm³/mol. The van der Waals surface area contributed by atoms with Gasteiger partial charge in [-0.15, -0.1) is 0 Å². The van der Waals surface area contributed by atoms with Crippen LogP contribution < -0.4 is 5.73 Å². The number of nitrogens with two attached hydrogens (primary N) is 1. The summed E-state index contributed by atoms with van der Waals surface area (Å²) >= 11 is 5.62. The molecule has 0 bridgehead atoms. The van der Waals surface area contributed by atoms with E-state index in [9.17, 15) is 13.2 Å². The summed E-state index contributed by atoms with van der Waals surface area (Å²) in [6, 6.07) is 3.95. The molecule has 0 heterocycles. The highest BCUT2D eigenvalue weighted by molar-refractivity contribution is 6.30. The zero-order valence-corrected chi connectivity index (χ0v) is 9.91. The molecule has 0 radical (unpaired) electrons. The van der Waals surface area contributed by atoms with Crippen LogP contribution in [0.4, 0.5) is 13.2 Å². The molecule has 0 unspecified atom stereocenters. The van der Waals surface area contributed by atoms with E-state index in [-0.39, 0.29) is 10.4 Å². The summed E-state index contributed by atoms with van der Waals surface area (Å²) in [5.74, 6) is 0. The van der Waals surface area contributed by atoms with Gasteiger partial charge in [0.1, 0.15) is 0 Å². The topological polar surface area (TPSA) is 26.0 Å². The number of halogens is 4. The van der Waals surface area contributed by atoms with Crippen LogP contribution >= 0.6 is 11.6 Å². The quantitative estimate of drug-likeness (QED) is 0.885. The Labute approximate surface area is 103 Å². The van der Waals surface area contributed by atoms with Crippen molar-refractivity contribution in [1.82, 2.24) is 0 Å². The zero-order valence-electron chi connectivity index (χ0n) is 9.15. The maximum atomic E-state index is 12.8. The third kappa shape index (κ3) is 2.75. The average molecular weight is 264 g/mol. The number of benzene rings is 1. The monoisotopic (exact) mass is 263 g/mol. The van der Waals surface area contributed by atoms with Crippen LogP contribution in [0.25, 0.3) is 0 Å². The summed E-state index contributed by atoms with van der Waals surface area (Å²) in [6.45, 7) is 0.437.